The minimum atomic E-state index is -0.701. The van der Waals surface area contributed by atoms with E-state index in [4.69, 9.17) is 4.74 Å². The highest BCUT2D eigenvalue weighted by Crippen LogP contribution is 2.40. The molecule has 2 unspecified atom stereocenters. The van der Waals surface area contributed by atoms with Crippen molar-refractivity contribution in [3.63, 3.8) is 0 Å². The molecule has 0 bridgehead atoms. The van der Waals surface area contributed by atoms with E-state index in [2.05, 4.69) is 6.58 Å². The second-order valence-corrected chi connectivity index (χ2v) is 5.33. The predicted molar refractivity (Wildman–Crippen MR) is 72.2 cm³/mol. The number of hydrogen-bond donors (Lipinski definition) is 1. The van der Waals surface area contributed by atoms with Gasteiger partial charge in [0.1, 0.15) is 11.4 Å². The number of allylic oxidation sites excluding steroid dienone is 2. The van der Waals surface area contributed by atoms with E-state index >= 15 is 0 Å². The Kier molecular flexibility index (Phi) is 4.05. The fraction of sp³-hybridized carbons (Fsp3) is 0.533. The Hall–Kier alpha value is -1.51. The highest BCUT2D eigenvalue weighted by atomic mass is 16.6. The summed E-state index contributed by atoms with van der Waals surface area (Å²) in [5.41, 5.74) is 1.90. The molecule has 3 heteroatoms. The first kappa shape index (κ1) is 14.6. The lowest BCUT2D eigenvalue weighted by atomic mass is 9.76. The molecule has 18 heavy (non-hydrogen) atoms. The van der Waals surface area contributed by atoms with E-state index < -0.39 is 5.60 Å². The van der Waals surface area contributed by atoms with E-state index in [0.717, 1.165) is 16.7 Å². The van der Waals surface area contributed by atoms with Crippen LogP contribution in [0.1, 0.15) is 41.0 Å². The van der Waals surface area contributed by atoms with Gasteiger partial charge in [-0.15, -0.1) is 0 Å². The average Bonchev–Trinajstić information content (AvgIpc) is 2.20. The highest BCUT2D eigenvalue weighted by Gasteiger charge is 2.39. The molecule has 0 spiro atoms. The standard InChI is InChI=1S/C15H22O3/c1-9(2)7-13-11(4)15(6,18-12(5)16)8-10(3)14(13)17/h8,11,17H,1,7H2,2-6H3. The molecule has 0 amide bonds. The Morgan fingerprint density at radius 1 is 1.56 bits per heavy atom. The molecule has 0 saturated carbocycles. The molecule has 100 valence electrons. The van der Waals surface area contributed by atoms with Crippen LogP contribution in [0.5, 0.6) is 0 Å². The number of carbonyl (C=O) groups is 1. The minimum Gasteiger partial charge on any atom is -0.508 e. The zero-order chi connectivity index (χ0) is 14.1. The van der Waals surface area contributed by atoms with Crippen molar-refractivity contribution in [2.75, 3.05) is 0 Å². The Labute approximate surface area is 109 Å². The van der Waals surface area contributed by atoms with Gasteiger partial charge in [0.05, 0.1) is 0 Å². The van der Waals surface area contributed by atoms with Gasteiger partial charge in [-0.2, -0.15) is 0 Å². The average molecular weight is 250 g/mol. The van der Waals surface area contributed by atoms with Gasteiger partial charge in [0, 0.05) is 12.8 Å². The third kappa shape index (κ3) is 2.84. The van der Waals surface area contributed by atoms with Crippen LogP contribution in [0.2, 0.25) is 0 Å². The van der Waals surface area contributed by atoms with Gasteiger partial charge in [-0.1, -0.05) is 19.1 Å². The van der Waals surface area contributed by atoms with Gasteiger partial charge in [0.15, 0.2) is 0 Å². The topological polar surface area (TPSA) is 46.5 Å². The first-order chi connectivity index (χ1) is 8.17. The Morgan fingerprint density at radius 2 is 2.11 bits per heavy atom. The van der Waals surface area contributed by atoms with E-state index in [1.807, 2.05) is 33.8 Å². The smallest absolute Gasteiger partial charge is 0.303 e. The van der Waals surface area contributed by atoms with Crippen LogP contribution < -0.4 is 0 Å². The van der Waals surface area contributed by atoms with Crippen molar-refractivity contribution < 1.29 is 14.6 Å². The summed E-state index contributed by atoms with van der Waals surface area (Å²) in [5.74, 6) is -0.0820. The van der Waals surface area contributed by atoms with E-state index in [1.165, 1.54) is 6.92 Å². The zero-order valence-corrected chi connectivity index (χ0v) is 11.8. The molecule has 1 N–H and O–H groups in total. The van der Waals surface area contributed by atoms with Crippen LogP contribution in [0.15, 0.2) is 35.1 Å². The molecule has 1 aliphatic rings. The molecule has 0 heterocycles. The minimum absolute atomic E-state index is 0.0678. The fourth-order valence-corrected chi connectivity index (χ4v) is 2.42. The summed E-state index contributed by atoms with van der Waals surface area (Å²) in [6.45, 7) is 12.8. The summed E-state index contributed by atoms with van der Waals surface area (Å²) in [5, 5.41) is 10.2. The molecule has 2 atom stereocenters. The lowest BCUT2D eigenvalue weighted by Crippen LogP contribution is -2.40. The first-order valence-electron chi connectivity index (χ1n) is 6.13. The van der Waals surface area contributed by atoms with Crippen LogP contribution in [-0.4, -0.2) is 16.7 Å². The number of esters is 1. The number of aliphatic hydroxyl groups excluding tert-OH is 1. The maximum Gasteiger partial charge on any atom is 0.303 e. The zero-order valence-electron chi connectivity index (χ0n) is 11.8. The SMILES string of the molecule is C=C(C)CC1=C(O)C(C)=CC(C)(OC(C)=O)C1C. The number of ether oxygens (including phenoxy) is 1. The van der Waals surface area contributed by atoms with E-state index in [0.29, 0.717) is 12.2 Å². The van der Waals surface area contributed by atoms with Gasteiger partial charge in [-0.05, 0) is 44.4 Å². The molecule has 0 aromatic heterocycles. The van der Waals surface area contributed by atoms with Crippen LogP contribution in [0, 0.1) is 5.92 Å². The van der Waals surface area contributed by atoms with Crippen molar-refractivity contribution in [2.24, 2.45) is 5.92 Å². The third-order valence-electron chi connectivity index (χ3n) is 3.42. The second-order valence-electron chi connectivity index (χ2n) is 5.33. The number of aliphatic hydroxyl groups is 1. The van der Waals surface area contributed by atoms with Crippen LogP contribution in [0.4, 0.5) is 0 Å². The molecule has 0 aliphatic heterocycles. The van der Waals surface area contributed by atoms with Crippen molar-refractivity contribution >= 4 is 5.97 Å². The molecule has 1 aliphatic carbocycles. The molecular weight excluding hydrogens is 228 g/mol. The van der Waals surface area contributed by atoms with Crippen LogP contribution in [0.25, 0.3) is 0 Å². The molecular formula is C15H22O3. The Bertz CT molecular complexity index is 443. The van der Waals surface area contributed by atoms with Crippen molar-refractivity contribution in [2.45, 2.75) is 46.6 Å². The lowest BCUT2D eigenvalue weighted by molar-refractivity contribution is -0.154. The summed E-state index contributed by atoms with van der Waals surface area (Å²) in [6.07, 6.45) is 2.44. The maximum absolute atomic E-state index is 11.2. The molecule has 3 nitrogen and oxygen atoms in total. The predicted octanol–water partition coefficient (Wildman–Crippen LogP) is 3.68. The number of hydrogen-bond acceptors (Lipinski definition) is 3. The van der Waals surface area contributed by atoms with Crippen LogP contribution in [-0.2, 0) is 9.53 Å². The molecule has 0 aromatic carbocycles. The molecule has 1 rings (SSSR count). The first-order valence-corrected chi connectivity index (χ1v) is 6.13. The van der Waals surface area contributed by atoms with Gasteiger partial charge in [-0.3, -0.25) is 4.79 Å². The lowest BCUT2D eigenvalue weighted by Gasteiger charge is -2.38. The van der Waals surface area contributed by atoms with Crippen LogP contribution >= 0.6 is 0 Å². The van der Waals surface area contributed by atoms with Crippen molar-refractivity contribution in [1.29, 1.82) is 0 Å². The molecule has 0 saturated heterocycles. The quantitative estimate of drug-likeness (QED) is 0.614. The highest BCUT2D eigenvalue weighted by molar-refractivity contribution is 5.67. The third-order valence-corrected chi connectivity index (χ3v) is 3.42. The van der Waals surface area contributed by atoms with E-state index in [9.17, 15) is 9.90 Å². The second kappa shape index (κ2) is 5.01. The largest absolute Gasteiger partial charge is 0.508 e. The molecule has 0 aromatic rings. The summed E-state index contributed by atoms with van der Waals surface area (Å²) < 4.78 is 5.43. The maximum atomic E-state index is 11.2. The van der Waals surface area contributed by atoms with Gasteiger partial charge in [-0.25, -0.2) is 0 Å². The van der Waals surface area contributed by atoms with Gasteiger partial charge in [0.25, 0.3) is 0 Å². The molecule has 0 radical (unpaired) electrons. The Morgan fingerprint density at radius 3 is 2.56 bits per heavy atom. The Balaban J connectivity index is 3.18. The van der Waals surface area contributed by atoms with Crippen molar-refractivity contribution in [3.05, 3.63) is 35.1 Å². The van der Waals surface area contributed by atoms with Crippen molar-refractivity contribution in [1.82, 2.24) is 0 Å². The summed E-state index contributed by atoms with van der Waals surface area (Å²) >= 11 is 0. The van der Waals surface area contributed by atoms with E-state index in [1.54, 1.807) is 0 Å². The van der Waals surface area contributed by atoms with Crippen molar-refractivity contribution in [3.8, 4) is 0 Å². The van der Waals surface area contributed by atoms with Gasteiger partial charge >= 0.3 is 5.97 Å². The van der Waals surface area contributed by atoms with Crippen LogP contribution in [0.3, 0.4) is 0 Å². The summed E-state index contributed by atoms with van der Waals surface area (Å²) in [4.78, 5) is 11.2. The van der Waals surface area contributed by atoms with E-state index in [-0.39, 0.29) is 11.9 Å². The fourth-order valence-electron chi connectivity index (χ4n) is 2.42. The monoisotopic (exact) mass is 250 g/mol. The number of carbonyl (C=O) groups excluding carboxylic acids is 1. The summed E-state index contributed by atoms with van der Waals surface area (Å²) in [6, 6.07) is 0. The molecule has 0 fully saturated rings. The van der Waals surface area contributed by atoms with Gasteiger partial charge < -0.3 is 9.84 Å². The number of rotatable bonds is 3. The normalized spacial score (nSPS) is 27.8. The van der Waals surface area contributed by atoms with Gasteiger partial charge in [0.2, 0.25) is 0 Å². The summed E-state index contributed by atoms with van der Waals surface area (Å²) in [7, 11) is 0.